The number of carbonyl (C=O) groups is 1. The second-order valence-corrected chi connectivity index (χ2v) is 10.1. The van der Waals surface area contributed by atoms with Crippen LogP contribution in [0.3, 0.4) is 0 Å². The lowest BCUT2D eigenvalue weighted by atomic mass is 10.1. The molecule has 0 aliphatic carbocycles. The molecule has 0 bridgehead atoms. The smallest absolute Gasteiger partial charge is 0.287 e. The molecular formula is C22H29N3O4S. The van der Waals surface area contributed by atoms with Crippen LogP contribution in [0.2, 0.25) is 0 Å². The number of amides is 1. The van der Waals surface area contributed by atoms with Crippen LogP contribution < -0.4 is 9.62 Å². The summed E-state index contributed by atoms with van der Waals surface area (Å²) in [6.07, 6.45) is 4.37. The lowest BCUT2D eigenvalue weighted by Gasteiger charge is -2.25. The third-order valence-corrected chi connectivity index (χ3v) is 7.71. The topological polar surface area (TPSA) is 82.9 Å². The summed E-state index contributed by atoms with van der Waals surface area (Å²) < 4.78 is 31.4. The van der Waals surface area contributed by atoms with Crippen LogP contribution in [0.5, 0.6) is 0 Å². The Morgan fingerprint density at radius 1 is 1.03 bits per heavy atom. The van der Waals surface area contributed by atoms with Crippen LogP contribution in [0, 0.1) is 0 Å². The van der Waals surface area contributed by atoms with E-state index in [1.807, 2.05) is 25.1 Å². The molecule has 0 radical (unpaired) electrons. The summed E-state index contributed by atoms with van der Waals surface area (Å²) in [5.41, 5.74) is 1.58. The molecular weight excluding hydrogens is 402 g/mol. The van der Waals surface area contributed by atoms with Gasteiger partial charge >= 0.3 is 0 Å². The van der Waals surface area contributed by atoms with Crippen LogP contribution in [0.25, 0.3) is 0 Å². The summed E-state index contributed by atoms with van der Waals surface area (Å²) in [6.45, 7) is 5.31. The van der Waals surface area contributed by atoms with Gasteiger partial charge in [0.15, 0.2) is 5.76 Å². The van der Waals surface area contributed by atoms with E-state index in [1.165, 1.54) is 23.6 Å². The first-order chi connectivity index (χ1) is 14.4. The molecule has 1 N–H and O–H groups in total. The number of hydrogen-bond acceptors (Lipinski definition) is 5. The van der Waals surface area contributed by atoms with Crippen LogP contribution >= 0.6 is 0 Å². The zero-order valence-corrected chi connectivity index (χ0v) is 18.2. The molecule has 2 fully saturated rings. The second-order valence-electron chi connectivity index (χ2n) is 8.13. The fraction of sp³-hybridized carbons (Fsp3) is 0.500. The number of carbonyl (C=O) groups excluding carboxylic acids is 1. The van der Waals surface area contributed by atoms with Gasteiger partial charge in [0.1, 0.15) is 5.76 Å². The van der Waals surface area contributed by atoms with Gasteiger partial charge in [-0.05, 0) is 69.1 Å². The van der Waals surface area contributed by atoms with Crippen molar-refractivity contribution in [2.45, 2.75) is 45.2 Å². The molecule has 2 saturated heterocycles. The van der Waals surface area contributed by atoms with Gasteiger partial charge in [0.2, 0.25) is 10.0 Å². The van der Waals surface area contributed by atoms with E-state index < -0.39 is 10.0 Å². The maximum Gasteiger partial charge on any atom is 0.287 e. The van der Waals surface area contributed by atoms with Gasteiger partial charge in [0.05, 0.1) is 24.0 Å². The van der Waals surface area contributed by atoms with Crippen molar-refractivity contribution in [1.82, 2.24) is 10.2 Å². The quantitative estimate of drug-likeness (QED) is 0.759. The number of piperidine rings is 1. The van der Waals surface area contributed by atoms with Gasteiger partial charge in [-0.3, -0.25) is 14.0 Å². The highest BCUT2D eigenvalue weighted by Gasteiger charge is 2.28. The number of likely N-dealkylation sites (tertiary alicyclic amines) is 1. The summed E-state index contributed by atoms with van der Waals surface area (Å²) in [7, 11) is -3.19. The Hall–Kier alpha value is -2.32. The molecule has 8 heteroatoms. The van der Waals surface area contributed by atoms with Crippen LogP contribution in [-0.4, -0.2) is 44.6 Å². The number of nitrogens with one attached hydrogen (secondary N) is 1. The number of hydrogen-bond donors (Lipinski definition) is 1. The minimum Gasteiger partial charge on any atom is -0.455 e. The first kappa shape index (κ1) is 20.9. The maximum absolute atomic E-state index is 12.6. The van der Waals surface area contributed by atoms with Crippen molar-refractivity contribution in [1.29, 1.82) is 0 Å². The van der Waals surface area contributed by atoms with Crippen molar-refractivity contribution in [2.75, 3.05) is 29.7 Å². The molecule has 1 aromatic heterocycles. The zero-order valence-electron chi connectivity index (χ0n) is 17.3. The van der Waals surface area contributed by atoms with Gasteiger partial charge in [0.25, 0.3) is 5.91 Å². The predicted octanol–water partition coefficient (Wildman–Crippen LogP) is 3.30. The van der Waals surface area contributed by atoms with E-state index in [4.69, 9.17) is 4.42 Å². The van der Waals surface area contributed by atoms with Gasteiger partial charge in [-0.2, -0.15) is 0 Å². The Kier molecular flexibility index (Phi) is 6.15. The fourth-order valence-electron chi connectivity index (χ4n) is 4.13. The van der Waals surface area contributed by atoms with Gasteiger partial charge < -0.3 is 9.73 Å². The molecule has 162 valence electrons. The van der Waals surface area contributed by atoms with Crippen molar-refractivity contribution >= 4 is 21.6 Å². The molecule has 30 heavy (non-hydrogen) atoms. The summed E-state index contributed by atoms with van der Waals surface area (Å²) in [5.74, 6) is 1.07. The Balaban J connectivity index is 1.35. The largest absolute Gasteiger partial charge is 0.455 e. The molecule has 1 atom stereocenters. The van der Waals surface area contributed by atoms with Gasteiger partial charge in [-0.1, -0.05) is 18.6 Å². The number of rotatable bonds is 6. The first-order valence-corrected chi connectivity index (χ1v) is 12.3. The summed E-state index contributed by atoms with van der Waals surface area (Å²) in [6, 6.07) is 10.7. The van der Waals surface area contributed by atoms with E-state index in [2.05, 4.69) is 10.2 Å². The number of anilines is 1. The Morgan fingerprint density at radius 3 is 2.43 bits per heavy atom. The maximum atomic E-state index is 12.6. The van der Waals surface area contributed by atoms with E-state index >= 15 is 0 Å². The van der Waals surface area contributed by atoms with Crippen molar-refractivity contribution in [2.24, 2.45) is 0 Å². The Labute approximate surface area is 178 Å². The van der Waals surface area contributed by atoms with Crippen molar-refractivity contribution < 1.29 is 17.6 Å². The Morgan fingerprint density at radius 2 is 1.77 bits per heavy atom. The van der Waals surface area contributed by atoms with E-state index in [0.717, 1.165) is 31.0 Å². The second kappa shape index (κ2) is 8.81. The average Bonchev–Trinajstić information content (AvgIpc) is 3.34. The third-order valence-electron chi connectivity index (χ3n) is 5.84. The summed E-state index contributed by atoms with van der Waals surface area (Å²) in [4.78, 5) is 14.9. The van der Waals surface area contributed by atoms with E-state index in [-0.39, 0.29) is 17.7 Å². The summed E-state index contributed by atoms with van der Waals surface area (Å²) >= 11 is 0. The molecule has 2 aliphatic heterocycles. The van der Waals surface area contributed by atoms with E-state index in [0.29, 0.717) is 24.4 Å². The van der Waals surface area contributed by atoms with Crippen LogP contribution in [0.15, 0.2) is 40.8 Å². The van der Waals surface area contributed by atoms with Crippen LogP contribution in [-0.2, 0) is 16.6 Å². The molecule has 1 unspecified atom stereocenters. The standard InChI is InChI=1S/C22H29N3O4S/c1-17(18-6-8-19(9-7-18)25-14-5-15-30(25,27)28)23-22(26)21-11-10-20(29-21)16-24-12-3-2-4-13-24/h6-11,17H,2-5,12-16H2,1H3,(H,23,26). The normalized spacial score (nSPS) is 20.2. The minimum atomic E-state index is -3.19. The highest BCUT2D eigenvalue weighted by molar-refractivity contribution is 7.93. The molecule has 0 saturated carbocycles. The van der Waals surface area contributed by atoms with Gasteiger partial charge in [-0.25, -0.2) is 8.42 Å². The summed E-state index contributed by atoms with van der Waals surface area (Å²) in [5, 5.41) is 2.96. The van der Waals surface area contributed by atoms with E-state index in [9.17, 15) is 13.2 Å². The van der Waals surface area contributed by atoms with Crippen molar-refractivity contribution in [3.8, 4) is 0 Å². The molecule has 1 aromatic carbocycles. The first-order valence-electron chi connectivity index (χ1n) is 10.6. The third kappa shape index (κ3) is 4.70. The highest BCUT2D eigenvalue weighted by atomic mass is 32.2. The molecule has 2 aliphatic rings. The SMILES string of the molecule is CC(NC(=O)c1ccc(CN2CCCCC2)o1)c1ccc(N2CCCS2(=O)=O)cc1. The number of benzene rings is 1. The minimum absolute atomic E-state index is 0.199. The van der Waals surface area contributed by atoms with Crippen LogP contribution in [0.4, 0.5) is 5.69 Å². The number of furan rings is 1. The van der Waals surface area contributed by atoms with Gasteiger partial charge in [-0.15, -0.1) is 0 Å². The number of nitrogens with zero attached hydrogens (tertiary/aromatic N) is 2. The average molecular weight is 432 g/mol. The lowest BCUT2D eigenvalue weighted by molar-refractivity contribution is 0.0907. The van der Waals surface area contributed by atoms with Gasteiger partial charge in [0, 0.05) is 6.54 Å². The number of sulfonamides is 1. The molecule has 4 rings (SSSR count). The van der Waals surface area contributed by atoms with E-state index in [1.54, 1.807) is 18.2 Å². The molecule has 3 heterocycles. The predicted molar refractivity (Wildman–Crippen MR) is 116 cm³/mol. The molecule has 2 aromatic rings. The van der Waals surface area contributed by atoms with Crippen molar-refractivity contribution in [3.05, 3.63) is 53.5 Å². The highest BCUT2D eigenvalue weighted by Crippen LogP contribution is 2.26. The lowest BCUT2D eigenvalue weighted by Crippen LogP contribution is -2.29. The fourth-order valence-corrected chi connectivity index (χ4v) is 5.70. The monoisotopic (exact) mass is 431 g/mol. The van der Waals surface area contributed by atoms with Crippen LogP contribution in [0.1, 0.15) is 60.5 Å². The Bertz CT molecular complexity index is 978. The molecule has 0 spiro atoms. The molecule has 7 nitrogen and oxygen atoms in total. The van der Waals surface area contributed by atoms with Crippen molar-refractivity contribution in [3.63, 3.8) is 0 Å². The zero-order chi connectivity index (χ0) is 21.1. The molecule has 1 amide bonds.